The van der Waals surface area contributed by atoms with E-state index in [2.05, 4.69) is 4.52 Å². The Morgan fingerprint density at radius 3 is 2.88 bits per heavy atom. The number of nitrogens with zero attached hydrogens (tertiary/aromatic N) is 1. The molecule has 0 N–H and O–H groups in total. The van der Waals surface area contributed by atoms with Gasteiger partial charge in [0.1, 0.15) is 0 Å². The van der Waals surface area contributed by atoms with Crippen molar-refractivity contribution in [1.29, 1.82) is 0 Å². The molecular formula is C5H6NO2+. The lowest BCUT2D eigenvalue weighted by atomic mass is 10.6. The van der Waals surface area contributed by atoms with E-state index in [0.717, 1.165) is 0 Å². The van der Waals surface area contributed by atoms with Gasteiger partial charge in [-0.3, -0.25) is 0 Å². The van der Waals surface area contributed by atoms with Gasteiger partial charge in [0.2, 0.25) is 6.20 Å². The topological polar surface area (TPSA) is 34.1 Å². The first-order valence-corrected chi connectivity index (χ1v) is 2.25. The molecule has 0 radical (unpaired) electrons. The molecule has 1 heterocycles. The summed E-state index contributed by atoms with van der Waals surface area (Å²) >= 11 is 0. The third-order valence-electron chi connectivity index (χ3n) is 0.762. The summed E-state index contributed by atoms with van der Waals surface area (Å²) in [4.78, 5) is 10.3. The molecule has 0 atom stereocenters. The summed E-state index contributed by atoms with van der Waals surface area (Å²) in [5.74, 6) is 0. The van der Waals surface area contributed by atoms with Crippen molar-refractivity contribution < 1.29 is 9.26 Å². The zero-order valence-corrected chi connectivity index (χ0v) is 4.50. The van der Waals surface area contributed by atoms with E-state index in [9.17, 15) is 4.79 Å². The molecule has 0 aliphatic carbocycles. The summed E-state index contributed by atoms with van der Waals surface area (Å²) < 4.78 is 5.89. The van der Waals surface area contributed by atoms with Gasteiger partial charge in [0.25, 0.3) is 0 Å². The van der Waals surface area contributed by atoms with E-state index in [0.29, 0.717) is 0 Å². The molecule has 8 heavy (non-hydrogen) atoms. The quantitative estimate of drug-likeness (QED) is 0.422. The lowest BCUT2D eigenvalue weighted by Gasteiger charge is -1.75. The lowest BCUT2D eigenvalue weighted by Crippen LogP contribution is -2.30. The van der Waals surface area contributed by atoms with Crippen molar-refractivity contribution in [2.75, 3.05) is 0 Å². The number of hydrogen-bond donors (Lipinski definition) is 0. The van der Waals surface area contributed by atoms with Crippen LogP contribution in [0.5, 0.6) is 0 Å². The molecule has 42 valence electrons. The molecule has 0 aliphatic rings. The van der Waals surface area contributed by atoms with Crippen LogP contribution in [-0.4, -0.2) is 0 Å². The van der Waals surface area contributed by atoms with Crippen LogP contribution < -0.4 is 10.4 Å². The van der Waals surface area contributed by atoms with Crippen LogP contribution in [0.15, 0.2) is 27.6 Å². The first-order valence-electron chi connectivity index (χ1n) is 2.25. The van der Waals surface area contributed by atoms with Gasteiger partial charge in [0, 0.05) is 12.1 Å². The molecule has 0 aromatic carbocycles. The van der Waals surface area contributed by atoms with E-state index in [1.165, 1.54) is 10.8 Å². The minimum atomic E-state index is -0.324. The monoisotopic (exact) mass is 112 g/mol. The Hall–Kier alpha value is -1.12. The van der Waals surface area contributed by atoms with Crippen LogP contribution in [-0.2, 0) is 7.05 Å². The van der Waals surface area contributed by atoms with Gasteiger partial charge in [0.15, 0.2) is 7.05 Å². The van der Waals surface area contributed by atoms with Gasteiger partial charge in [-0.25, -0.2) is 4.79 Å². The zero-order chi connectivity index (χ0) is 5.98. The summed E-state index contributed by atoms with van der Waals surface area (Å²) in [6, 6.07) is 2.99. The number of aromatic nitrogens is 1. The molecule has 0 spiro atoms. The van der Waals surface area contributed by atoms with Gasteiger partial charge >= 0.3 is 5.63 Å². The molecule has 0 unspecified atom stereocenters. The van der Waals surface area contributed by atoms with E-state index in [1.54, 1.807) is 19.3 Å². The average Bonchev–Trinajstić information content (AvgIpc) is 1.64. The standard InChI is InChI=1S/C5H6NO2/c1-6-4-2-3-5(7)8-6/h2-4H,1H3/q+1. The maximum absolute atomic E-state index is 10.3. The van der Waals surface area contributed by atoms with Gasteiger partial charge in [-0.05, 0) is 4.74 Å². The maximum atomic E-state index is 10.3. The fraction of sp³-hybridized carbons (Fsp3) is 0.200. The number of rotatable bonds is 0. The lowest BCUT2D eigenvalue weighted by molar-refractivity contribution is -0.853. The predicted octanol–water partition coefficient (Wildman–Crippen LogP) is -0.536. The molecule has 1 rings (SSSR count). The molecular weight excluding hydrogens is 106 g/mol. The number of aryl methyl sites for hydroxylation is 1. The summed E-state index contributed by atoms with van der Waals surface area (Å²) in [5, 5.41) is 0. The SMILES string of the molecule is C[n+]1cccc(=O)o1. The first-order chi connectivity index (χ1) is 3.79. The van der Waals surface area contributed by atoms with Crippen LogP contribution in [0.2, 0.25) is 0 Å². The minimum absolute atomic E-state index is 0.324. The van der Waals surface area contributed by atoms with Crippen LogP contribution in [0.3, 0.4) is 0 Å². The van der Waals surface area contributed by atoms with Crippen LogP contribution in [0.25, 0.3) is 0 Å². The van der Waals surface area contributed by atoms with Crippen LogP contribution >= 0.6 is 0 Å². The Labute approximate surface area is 46.1 Å². The Balaban J connectivity index is 3.28. The highest BCUT2D eigenvalue weighted by atomic mass is 16.5. The average molecular weight is 112 g/mol. The first kappa shape index (κ1) is 5.03. The molecule has 0 amide bonds. The van der Waals surface area contributed by atoms with Gasteiger partial charge in [-0.2, -0.15) is 4.52 Å². The van der Waals surface area contributed by atoms with Crippen LogP contribution in [0, 0.1) is 0 Å². The minimum Gasteiger partial charge on any atom is -0.239 e. The van der Waals surface area contributed by atoms with Gasteiger partial charge < -0.3 is 0 Å². The highest BCUT2D eigenvalue weighted by Crippen LogP contribution is 1.62. The van der Waals surface area contributed by atoms with Crippen molar-refractivity contribution in [3.63, 3.8) is 0 Å². The van der Waals surface area contributed by atoms with Crippen molar-refractivity contribution in [2.24, 2.45) is 7.05 Å². The Morgan fingerprint density at radius 2 is 2.50 bits per heavy atom. The smallest absolute Gasteiger partial charge is 0.239 e. The van der Waals surface area contributed by atoms with E-state index < -0.39 is 0 Å². The van der Waals surface area contributed by atoms with Crippen LogP contribution in [0.4, 0.5) is 0 Å². The second-order valence-electron chi connectivity index (χ2n) is 1.46. The van der Waals surface area contributed by atoms with E-state index >= 15 is 0 Å². The highest BCUT2D eigenvalue weighted by molar-refractivity contribution is 4.75. The third kappa shape index (κ3) is 0.932. The molecule has 0 fully saturated rings. The normalized spacial score (nSPS) is 9.12. The molecule has 1 aromatic heterocycles. The summed E-state index contributed by atoms with van der Waals surface area (Å²) in [7, 11) is 1.65. The van der Waals surface area contributed by atoms with Gasteiger partial charge in [-0.1, -0.05) is 0 Å². The van der Waals surface area contributed by atoms with E-state index in [-0.39, 0.29) is 5.63 Å². The Bertz CT molecular complexity index is 228. The van der Waals surface area contributed by atoms with Crippen molar-refractivity contribution in [3.05, 3.63) is 28.7 Å². The van der Waals surface area contributed by atoms with E-state index in [1.807, 2.05) is 0 Å². The highest BCUT2D eigenvalue weighted by Gasteiger charge is 1.89. The zero-order valence-electron chi connectivity index (χ0n) is 4.50. The fourth-order valence-electron chi connectivity index (χ4n) is 0.446. The second-order valence-corrected chi connectivity index (χ2v) is 1.46. The molecule has 3 heteroatoms. The summed E-state index contributed by atoms with van der Waals surface area (Å²) in [5.41, 5.74) is -0.324. The molecule has 0 bridgehead atoms. The number of hydrogen-bond acceptors (Lipinski definition) is 2. The maximum Gasteiger partial charge on any atom is 0.403 e. The summed E-state index contributed by atoms with van der Waals surface area (Å²) in [6.07, 6.45) is 1.65. The molecule has 0 aliphatic heterocycles. The molecule has 1 aromatic rings. The predicted molar refractivity (Wildman–Crippen MR) is 26.2 cm³/mol. The fourth-order valence-corrected chi connectivity index (χ4v) is 0.446. The van der Waals surface area contributed by atoms with Crippen LogP contribution in [0.1, 0.15) is 0 Å². The van der Waals surface area contributed by atoms with Crippen molar-refractivity contribution >= 4 is 0 Å². The van der Waals surface area contributed by atoms with Crippen molar-refractivity contribution in [1.82, 2.24) is 0 Å². The van der Waals surface area contributed by atoms with Gasteiger partial charge in [-0.15, -0.1) is 0 Å². The van der Waals surface area contributed by atoms with Crippen molar-refractivity contribution in [3.8, 4) is 0 Å². The Morgan fingerprint density at radius 1 is 1.75 bits per heavy atom. The molecule has 0 saturated heterocycles. The Kier molecular flexibility index (Phi) is 1.12. The molecule has 0 saturated carbocycles. The third-order valence-corrected chi connectivity index (χ3v) is 0.762. The van der Waals surface area contributed by atoms with Gasteiger partial charge in [0.05, 0.1) is 0 Å². The molecule has 3 nitrogen and oxygen atoms in total. The van der Waals surface area contributed by atoms with Crippen molar-refractivity contribution in [2.45, 2.75) is 0 Å². The largest absolute Gasteiger partial charge is 0.403 e. The van der Waals surface area contributed by atoms with E-state index in [4.69, 9.17) is 0 Å². The second kappa shape index (κ2) is 1.78. The summed E-state index contributed by atoms with van der Waals surface area (Å²) in [6.45, 7) is 0.